The molecule has 1 fully saturated rings. The molecule has 1 aliphatic rings. The fourth-order valence-corrected chi connectivity index (χ4v) is 2.77. The summed E-state index contributed by atoms with van der Waals surface area (Å²) in [4.78, 5) is 24.7. The second-order valence-electron chi connectivity index (χ2n) is 7.19. The summed E-state index contributed by atoms with van der Waals surface area (Å²) in [6, 6.07) is 12.7. The van der Waals surface area contributed by atoms with E-state index in [4.69, 9.17) is 9.47 Å². The third kappa shape index (κ3) is 5.85. The van der Waals surface area contributed by atoms with Crippen LogP contribution in [0.25, 0.3) is 6.08 Å². The maximum absolute atomic E-state index is 12.4. The van der Waals surface area contributed by atoms with Gasteiger partial charge in [0.1, 0.15) is 0 Å². The molecule has 3 rings (SSSR count). The maximum atomic E-state index is 12.4. The maximum Gasteiger partial charge on any atom is 0.253 e. The third-order valence-electron chi connectivity index (χ3n) is 4.32. The highest BCUT2D eigenvalue weighted by molar-refractivity contribution is 6.07. The van der Waals surface area contributed by atoms with Crippen molar-refractivity contribution in [1.82, 2.24) is 5.32 Å². The van der Waals surface area contributed by atoms with Gasteiger partial charge in [-0.15, -0.1) is 0 Å². The molecule has 0 bridgehead atoms. The van der Waals surface area contributed by atoms with Crippen molar-refractivity contribution in [2.24, 2.45) is 0 Å². The molecular formula is C23H26N2O4. The van der Waals surface area contributed by atoms with Crippen LogP contribution in [0.5, 0.6) is 11.5 Å². The predicted octanol–water partition coefficient (Wildman–Crippen LogP) is 4.03. The Bertz CT molecular complexity index is 917. The molecule has 0 unspecified atom stereocenters. The van der Waals surface area contributed by atoms with Crippen LogP contribution >= 0.6 is 0 Å². The second kappa shape index (κ2) is 9.28. The van der Waals surface area contributed by atoms with E-state index in [1.165, 1.54) is 6.08 Å². The van der Waals surface area contributed by atoms with Gasteiger partial charge in [-0.3, -0.25) is 9.59 Å². The lowest BCUT2D eigenvalue weighted by Gasteiger charge is -2.13. The highest BCUT2D eigenvalue weighted by atomic mass is 16.5. The van der Waals surface area contributed by atoms with E-state index < -0.39 is 0 Å². The van der Waals surface area contributed by atoms with Crippen molar-refractivity contribution >= 4 is 23.6 Å². The average Bonchev–Trinajstić information content (AvgIpc) is 3.51. The van der Waals surface area contributed by atoms with Crippen molar-refractivity contribution in [2.45, 2.75) is 38.8 Å². The Hall–Kier alpha value is -3.28. The molecular weight excluding hydrogens is 368 g/mol. The van der Waals surface area contributed by atoms with Crippen LogP contribution in [-0.2, 0) is 4.79 Å². The standard InChI is InChI=1S/C23H26N2O4/c1-15(2)29-20-12-8-16(14-21(20)28-3)9-13-22(26)25-19-7-5-4-6-18(19)23(27)24-17-10-11-17/h4-9,12-15,17H,10-11H2,1-3H3,(H,24,27)(H,25,26). The summed E-state index contributed by atoms with van der Waals surface area (Å²) in [6.45, 7) is 3.89. The van der Waals surface area contributed by atoms with Crippen LogP contribution in [0.4, 0.5) is 5.69 Å². The Kier molecular flexibility index (Phi) is 6.54. The van der Waals surface area contributed by atoms with Crippen LogP contribution in [0, 0.1) is 0 Å². The minimum absolute atomic E-state index is 0.0354. The lowest BCUT2D eigenvalue weighted by atomic mass is 10.1. The van der Waals surface area contributed by atoms with Gasteiger partial charge in [-0.1, -0.05) is 18.2 Å². The Morgan fingerprint density at radius 2 is 1.86 bits per heavy atom. The molecule has 0 saturated heterocycles. The van der Waals surface area contributed by atoms with Gasteiger partial charge in [0.15, 0.2) is 11.5 Å². The molecule has 2 N–H and O–H groups in total. The SMILES string of the molecule is COc1cc(C=CC(=O)Nc2ccccc2C(=O)NC2CC2)ccc1OC(C)C. The van der Waals surface area contributed by atoms with E-state index in [0.717, 1.165) is 18.4 Å². The van der Waals surface area contributed by atoms with E-state index in [1.807, 2.05) is 26.0 Å². The van der Waals surface area contributed by atoms with E-state index in [0.29, 0.717) is 22.7 Å². The van der Waals surface area contributed by atoms with Gasteiger partial charge in [0, 0.05) is 12.1 Å². The fourth-order valence-electron chi connectivity index (χ4n) is 2.77. The monoisotopic (exact) mass is 394 g/mol. The summed E-state index contributed by atoms with van der Waals surface area (Å²) in [5.41, 5.74) is 1.74. The lowest BCUT2D eigenvalue weighted by Crippen LogP contribution is -2.26. The first-order valence-electron chi connectivity index (χ1n) is 9.70. The fraction of sp³-hybridized carbons (Fsp3) is 0.304. The molecule has 0 radical (unpaired) electrons. The summed E-state index contributed by atoms with van der Waals surface area (Å²) < 4.78 is 11.1. The zero-order valence-electron chi connectivity index (χ0n) is 16.9. The number of carbonyl (C=O) groups excluding carboxylic acids is 2. The number of benzene rings is 2. The van der Waals surface area contributed by atoms with Crippen molar-refractivity contribution < 1.29 is 19.1 Å². The molecule has 2 amide bonds. The van der Waals surface area contributed by atoms with E-state index in [1.54, 1.807) is 43.5 Å². The topological polar surface area (TPSA) is 76.7 Å². The molecule has 2 aromatic rings. The number of nitrogens with one attached hydrogen (secondary N) is 2. The average molecular weight is 394 g/mol. The molecule has 1 aliphatic carbocycles. The normalized spacial score (nSPS) is 13.4. The molecule has 0 aliphatic heterocycles. The molecule has 0 heterocycles. The first-order valence-corrected chi connectivity index (χ1v) is 9.70. The van der Waals surface area contributed by atoms with Gasteiger partial charge in [-0.25, -0.2) is 0 Å². The Morgan fingerprint density at radius 1 is 1.10 bits per heavy atom. The highest BCUT2D eigenvalue weighted by Crippen LogP contribution is 2.29. The van der Waals surface area contributed by atoms with Crippen molar-refractivity contribution in [1.29, 1.82) is 0 Å². The van der Waals surface area contributed by atoms with Gasteiger partial charge < -0.3 is 20.1 Å². The summed E-state index contributed by atoms with van der Waals surface area (Å²) >= 11 is 0. The van der Waals surface area contributed by atoms with Gasteiger partial charge in [-0.05, 0) is 62.6 Å². The molecule has 0 aromatic heterocycles. The number of para-hydroxylation sites is 1. The molecule has 1 saturated carbocycles. The minimum atomic E-state index is -0.321. The highest BCUT2D eigenvalue weighted by Gasteiger charge is 2.24. The van der Waals surface area contributed by atoms with Crippen molar-refractivity contribution in [3.63, 3.8) is 0 Å². The summed E-state index contributed by atoms with van der Waals surface area (Å²) in [6.07, 6.45) is 5.16. The number of methoxy groups -OCH3 is 1. The van der Waals surface area contributed by atoms with Gasteiger partial charge in [0.2, 0.25) is 5.91 Å². The quantitative estimate of drug-likeness (QED) is 0.663. The van der Waals surface area contributed by atoms with E-state index in [9.17, 15) is 9.59 Å². The van der Waals surface area contributed by atoms with Gasteiger partial charge >= 0.3 is 0 Å². The Labute approximate surface area is 170 Å². The van der Waals surface area contributed by atoms with Crippen LogP contribution in [0.1, 0.15) is 42.6 Å². The molecule has 152 valence electrons. The summed E-state index contributed by atoms with van der Waals surface area (Å²) in [7, 11) is 1.58. The minimum Gasteiger partial charge on any atom is -0.493 e. The first kappa shape index (κ1) is 20.5. The smallest absolute Gasteiger partial charge is 0.253 e. The van der Waals surface area contributed by atoms with Crippen molar-refractivity contribution in [2.75, 3.05) is 12.4 Å². The lowest BCUT2D eigenvalue weighted by molar-refractivity contribution is -0.111. The Balaban J connectivity index is 1.68. The molecule has 6 nitrogen and oxygen atoms in total. The zero-order chi connectivity index (χ0) is 20.8. The van der Waals surface area contributed by atoms with Crippen LogP contribution in [0.3, 0.4) is 0 Å². The van der Waals surface area contributed by atoms with Crippen molar-refractivity contribution in [3.8, 4) is 11.5 Å². The number of hydrogen-bond acceptors (Lipinski definition) is 4. The number of amides is 2. The largest absolute Gasteiger partial charge is 0.493 e. The van der Waals surface area contributed by atoms with Crippen LogP contribution in [0.2, 0.25) is 0 Å². The molecule has 2 aromatic carbocycles. The molecule has 0 spiro atoms. The Morgan fingerprint density at radius 3 is 2.55 bits per heavy atom. The molecule has 6 heteroatoms. The number of rotatable bonds is 8. The van der Waals surface area contributed by atoms with E-state index in [2.05, 4.69) is 10.6 Å². The van der Waals surface area contributed by atoms with Gasteiger partial charge in [0.05, 0.1) is 24.5 Å². The first-order chi connectivity index (χ1) is 14.0. The van der Waals surface area contributed by atoms with Crippen LogP contribution < -0.4 is 20.1 Å². The number of carbonyl (C=O) groups is 2. The molecule has 0 atom stereocenters. The predicted molar refractivity (Wildman–Crippen MR) is 113 cm³/mol. The number of ether oxygens (including phenoxy) is 2. The third-order valence-corrected chi connectivity index (χ3v) is 4.32. The number of anilines is 1. The van der Waals surface area contributed by atoms with E-state index >= 15 is 0 Å². The van der Waals surface area contributed by atoms with Crippen LogP contribution in [0.15, 0.2) is 48.5 Å². The van der Waals surface area contributed by atoms with Gasteiger partial charge in [-0.2, -0.15) is 0 Å². The zero-order valence-corrected chi connectivity index (χ0v) is 16.9. The summed E-state index contributed by atoms with van der Waals surface area (Å²) in [5, 5.41) is 5.72. The van der Waals surface area contributed by atoms with Crippen molar-refractivity contribution in [3.05, 3.63) is 59.7 Å². The second-order valence-corrected chi connectivity index (χ2v) is 7.19. The van der Waals surface area contributed by atoms with Crippen LogP contribution in [-0.4, -0.2) is 31.1 Å². The van der Waals surface area contributed by atoms with E-state index in [-0.39, 0.29) is 24.0 Å². The molecule has 29 heavy (non-hydrogen) atoms. The summed E-state index contributed by atoms with van der Waals surface area (Å²) in [5.74, 6) is 0.763. The number of hydrogen-bond donors (Lipinski definition) is 2. The van der Waals surface area contributed by atoms with Gasteiger partial charge in [0.25, 0.3) is 5.91 Å².